The Hall–Kier alpha value is -3.09. The average Bonchev–Trinajstić information content (AvgIpc) is 3.10. The Bertz CT molecular complexity index is 823. The van der Waals surface area contributed by atoms with E-state index in [1.165, 1.54) is 19.1 Å². The molecule has 2 amide bonds. The van der Waals surface area contributed by atoms with Crippen molar-refractivity contribution in [1.29, 1.82) is 0 Å². The summed E-state index contributed by atoms with van der Waals surface area (Å²) in [6.45, 7) is 2.43. The van der Waals surface area contributed by atoms with E-state index >= 15 is 0 Å². The number of hydrogen-bond acceptors (Lipinski definition) is 4. The molecule has 0 radical (unpaired) electrons. The number of benzene rings is 2. The summed E-state index contributed by atoms with van der Waals surface area (Å²) in [6.07, 6.45) is 0.779. The van der Waals surface area contributed by atoms with Gasteiger partial charge in [0.2, 0.25) is 18.6 Å². The summed E-state index contributed by atoms with van der Waals surface area (Å²) in [5.41, 5.74) is 1.55. The minimum Gasteiger partial charge on any atom is -0.454 e. The maximum atomic E-state index is 13.0. The van der Waals surface area contributed by atoms with E-state index in [1.807, 2.05) is 0 Å². The van der Waals surface area contributed by atoms with Gasteiger partial charge in [-0.25, -0.2) is 4.39 Å². The molecule has 0 unspecified atom stereocenters. The number of amides is 2. The summed E-state index contributed by atoms with van der Waals surface area (Å²) in [5.74, 6) is 0.659. The molecule has 0 bridgehead atoms. The van der Waals surface area contributed by atoms with Gasteiger partial charge < -0.3 is 19.7 Å². The molecule has 6 nitrogen and oxygen atoms in total. The highest BCUT2D eigenvalue weighted by Crippen LogP contribution is 2.34. The fourth-order valence-corrected chi connectivity index (χ4v) is 2.78. The molecule has 0 aliphatic carbocycles. The number of carbonyl (C=O) groups is 2. The minimum absolute atomic E-state index is 0.104. The van der Waals surface area contributed by atoms with Crippen molar-refractivity contribution in [3.8, 4) is 11.5 Å². The average molecular weight is 372 g/mol. The molecule has 1 N–H and O–H groups in total. The van der Waals surface area contributed by atoms with Crippen molar-refractivity contribution < 1.29 is 23.5 Å². The lowest BCUT2D eigenvalue weighted by Crippen LogP contribution is -2.33. The van der Waals surface area contributed by atoms with Crippen LogP contribution in [0, 0.1) is 5.82 Å². The number of ether oxygens (including phenoxy) is 2. The molecule has 27 heavy (non-hydrogen) atoms. The van der Waals surface area contributed by atoms with Crippen LogP contribution in [-0.4, -0.2) is 36.6 Å². The number of rotatable bonds is 7. The smallest absolute Gasteiger partial charge is 0.231 e. The SMILES string of the molecule is CC(=O)N(CCC(=O)Nc1ccc2c(c1)OCO2)CCc1ccc(F)cc1. The monoisotopic (exact) mass is 372 g/mol. The van der Waals surface area contributed by atoms with E-state index in [0.29, 0.717) is 36.7 Å². The van der Waals surface area contributed by atoms with Crippen LogP contribution in [0.15, 0.2) is 42.5 Å². The third-order valence-electron chi connectivity index (χ3n) is 4.29. The Morgan fingerprint density at radius 2 is 1.81 bits per heavy atom. The predicted octanol–water partition coefficient (Wildman–Crippen LogP) is 2.97. The second kappa shape index (κ2) is 8.53. The van der Waals surface area contributed by atoms with Gasteiger partial charge in [-0.05, 0) is 36.2 Å². The Morgan fingerprint density at radius 1 is 1.07 bits per heavy atom. The van der Waals surface area contributed by atoms with Gasteiger partial charge in [0.1, 0.15) is 5.82 Å². The molecular weight excluding hydrogens is 351 g/mol. The highest BCUT2D eigenvalue weighted by molar-refractivity contribution is 5.91. The van der Waals surface area contributed by atoms with Gasteiger partial charge in [-0.1, -0.05) is 12.1 Å². The number of hydrogen-bond donors (Lipinski definition) is 1. The number of anilines is 1. The lowest BCUT2D eigenvalue weighted by atomic mass is 10.1. The number of nitrogens with one attached hydrogen (secondary N) is 1. The fraction of sp³-hybridized carbons (Fsp3) is 0.300. The quantitative estimate of drug-likeness (QED) is 0.811. The minimum atomic E-state index is -0.289. The lowest BCUT2D eigenvalue weighted by Gasteiger charge is -2.21. The molecule has 0 aromatic heterocycles. The summed E-state index contributed by atoms with van der Waals surface area (Å²) < 4.78 is 23.5. The van der Waals surface area contributed by atoms with Gasteiger partial charge in [0, 0.05) is 38.2 Å². The molecule has 0 saturated heterocycles. The van der Waals surface area contributed by atoms with Crippen molar-refractivity contribution in [2.75, 3.05) is 25.2 Å². The van der Waals surface area contributed by atoms with Crippen molar-refractivity contribution in [1.82, 2.24) is 4.90 Å². The molecule has 0 atom stereocenters. The molecule has 0 fully saturated rings. The van der Waals surface area contributed by atoms with E-state index < -0.39 is 0 Å². The summed E-state index contributed by atoms with van der Waals surface area (Å²) in [4.78, 5) is 25.6. The molecule has 1 heterocycles. The van der Waals surface area contributed by atoms with Crippen molar-refractivity contribution in [2.24, 2.45) is 0 Å². The molecule has 0 spiro atoms. The van der Waals surface area contributed by atoms with Gasteiger partial charge in [0.25, 0.3) is 0 Å². The van der Waals surface area contributed by atoms with Crippen LogP contribution in [0.3, 0.4) is 0 Å². The van der Waals surface area contributed by atoms with Crippen molar-refractivity contribution in [3.63, 3.8) is 0 Å². The van der Waals surface area contributed by atoms with Gasteiger partial charge in [0.15, 0.2) is 11.5 Å². The van der Waals surface area contributed by atoms with E-state index in [9.17, 15) is 14.0 Å². The van der Waals surface area contributed by atoms with Crippen LogP contribution >= 0.6 is 0 Å². The molecule has 0 saturated carbocycles. The number of halogens is 1. The van der Waals surface area contributed by atoms with Crippen LogP contribution in [0.5, 0.6) is 11.5 Å². The fourth-order valence-electron chi connectivity index (χ4n) is 2.78. The molecule has 3 rings (SSSR count). The van der Waals surface area contributed by atoms with Crippen LogP contribution in [0.25, 0.3) is 0 Å². The van der Waals surface area contributed by atoms with Gasteiger partial charge in [-0.15, -0.1) is 0 Å². The molecule has 142 valence electrons. The molecule has 7 heteroatoms. The van der Waals surface area contributed by atoms with Crippen LogP contribution in [-0.2, 0) is 16.0 Å². The maximum absolute atomic E-state index is 13.0. The number of fused-ring (bicyclic) bond motifs is 1. The highest BCUT2D eigenvalue weighted by atomic mass is 19.1. The molecule has 1 aliphatic rings. The zero-order chi connectivity index (χ0) is 19.2. The second-order valence-electron chi connectivity index (χ2n) is 6.25. The summed E-state index contributed by atoms with van der Waals surface area (Å²) in [7, 11) is 0. The first-order valence-electron chi connectivity index (χ1n) is 8.71. The molecular formula is C20H21FN2O4. The van der Waals surface area contributed by atoms with Crippen LogP contribution < -0.4 is 14.8 Å². The number of carbonyl (C=O) groups excluding carboxylic acids is 2. The van der Waals surface area contributed by atoms with Gasteiger partial charge in [0.05, 0.1) is 0 Å². The van der Waals surface area contributed by atoms with Crippen molar-refractivity contribution in [2.45, 2.75) is 19.8 Å². The van der Waals surface area contributed by atoms with Gasteiger partial charge in [-0.3, -0.25) is 9.59 Å². The Morgan fingerprint density at radius 3 is 2.56 bits per heavy atom. The first-order chi connectivity index (χ1) is 13.0. The van der Waals surface area contributed by atoms with E-state index in [1.54, 1.807) is 35.2 Å². The summed E-state index contributed by atoms with van der Waals surface area (Å²) >= 11 is 0. The lowest BCUT2D eigenvalue weighted by molar-refractivity contribution is -0.129. The first-order valence-corrected chi connectivity index (χ1v) is 8.71. The molecule has 2 aromatic carbocycles. The highest BCUT2D eigenvalue weighted by Gasteiger charge is 2.15. The normalized spacial score (nSPS) is 11.9. The van der Waals surface area contributed by atoms with Crippen LogP contribution in [0.2, 0.25) is 0 Å². The Balaban J connectivity index is 1.49. The number of nitrogens with zero attached hydrogens (tertiary/aromatic N) is 1. The first kappa shape index (κ1) is 18.7. The predicted molar refractivity (Wildman–Crippen MR) is 98.2 cm³/mol. The van der Waals surface area contributed by atoms with E-state index in [-0.39, 0.29) is 30.8 Å². The largest absolute Gasteiger partial charge is 0.454 e. The van der Waals surface area contributed by atoms with Crippen LogP contribution in [0.4, 0.5) is 10.1 Å². The third kappa shape index (κ3) is 5.20. The van der Waals surface area contributed by atoms with Gasteiger partial charge in [-0.2, -0.15) is 0 Å². The van der Waals surface area contributed by atoms with Crippen molar-refractivity contribution in [3.05, 3.63) is 53.8 Å². The topological polar surface area (TPSA) is 67.9 Å². The standard InChI is InChI=1S/C20H21FN2O4/c1-14(24)23(10-8-15-2-4-16(21)5-3-15)11-9-20(25)22-17-6-7-18-19(12-17)27-13-26-18/h2-7,12H,8-11,13H2,1H3,(H,22,25). The Kier molecular flexibility index (Phi) is 5.90. The summed E-state index contributed by atoms with van der Waals surface area (Å²) in [5, 5.41) is 2.79. The third-order valence-corrected chi connectivity index (χ3v) is 4.29. The van der Waals surface area contributed by atoms with E-state index in [4.69, 9.17) is 9.47 Å². The van der Waals surface area contributed by atoms with E-state index in [2.05, 4.69) is 5.32 Å². The second-order valence-corrected chi connectivity index (χ2v) is 6.25. The van der Waals surface area contributed by atoms with Gasteiger partial charge >= 0.3 is 0 Å². The molecule has 2 aromatic rings. The molecule has 1 aliphatic heterocycles. The summed E-state index contributed by atoms with van der Waals surface area (Å²) in [6, 6.07) is 11.4. The van der Waals surface area contributed by atoms with Crippen LogP contribution in [0.1, 0.15) is 18.9 Å². The van der Waals surface area contributed by atoms with E-state index in [0.717, 1.165) is 5.56 Å². The maximum Gasteiger partial charge on any atom is 0.231 e. The Labute approximate surface area is 156 Å². The zero-order valence-electron chi connectivity index (χ0n) is 15.0. The zero-order valence-corrected chi connectivity index (χ0v) is 15.0. The van der Waals surface area contributed by atoms with Crippen molar-refractivity contribution >= 4 is 17.5 Å².